The van der Waals surface area contributed by atoms with Gasteiger partial charge in [0.25, 0.3) is 0 Å². The number of aliphatic hydroxyl groups excluding tert-OH is 1. The van der Waals surface area contributed by atoms with Gasteiger partial charge in [0.05, 0.1) is 6.10 Å². The van der Waals surface area contributed by atoms with Gasteiger partial charge in [-0.3, -0.25) is 0 Å². The molecule has 0 radical (unpaired) electrons. The minimum absolute atomic E-state index is 0.103. The SMILES string of the molecule is CN(CC1CC2CCC1C2)C1CCCC(C)(C)C1O. The van der Waals surface area contributed by atoms with Crippen molar-refractivity contribution in [3.05, 3.63) is 0 Å². The topological polar surface area (TPSA) is 23.5 Å². The monoisotopic (exact) mass is 265 g/mol. The predicted octanol–water partition coefficient (Wildman–Crippen LogP) is 3.29. The molecule has 2 nitrogen and oxygen atoms in total. The quantitative estimate of drug-likeness (QED) is 0.846. The van der Waals surface area contributed by atoms with E-state index < -0.39 is 0 Å². The van der Waals surface area contributed by atoms with Gasteiger partial charge < -0.3 is 10.0 Å². The first-order valence-electron chi connectivity index (χ1n) is 8.35. The second-order valence-electron chi connectivity index (χ2n) is 8.27. The number of hydrogen-bond donors (Lipinski definition) is 1. The van der Waals surface area contributed by atoms with Crippen LogP contribution in [0.15, 0.2) is 0 Å². The average Bonchev–Trinajstić information content (AvgIpc) is 2.94. The Labute approximate surface area is 118 Å². The Bertz CT molecular complexity index is 327. The molecule has 3 saturated carbocycles. The number of likely N-dealkylation sites (N-methyl/N-ethyl adjacent to an activating group) is 1. The highest BCUT2D eigenvalue weighted by Crippen LogP contribution is 2.49. The lowest BCUT2D eigenvalue weighted by Crippen LogP contribution is -2.52. The fourth-order valence-electron chi connectivity index (χ4n) is 5.16. The van der Waals surface area contributed by atoms with Gasteiger partial charge in [-0.05, 0) is 62.3 Å². The van der Waals surface area contributed by atoms with E-state index in [-0.39, 0.29) is 11.5 Å². The molecule has 0 amide bonds. The number of hydrogen-bond acceptors (Lipinski definition) is 2. The molecule has 5 atom stereocenters. The van der Waals surface area contributed by atoms with E-state index in [2.05, 4.69) is 25.8 Å². The van der Waals surface area contributed by atoms with Gasteiger partial charge in [0.2, 0.25) is 0 Å². The van der Waals surface area contributed by atoms with Crippen LogP contribution in [0.3, 0.4) is 0 Å². The fourth-order valence-corrected chi connectivity index (χ4v) is 5.16. The van der Waals surface area contributed by atoms with Crippen molar-refractivity contribution in [2.24, 2.45) is 23.2 Å². The molecule has 0 aromatic rings. The minimum atomic E-state index is -0.148. The van der Waals surface area contributed by atoms with Gasteiger partial charge in [-0.1, -0.05) is 26.7 Å². The summed E-state index contributed by atoms with van der Waals surface area (Å²) in [4.78, 5) is 2.50. The van der Waals surface area contributed by atoms with Crippen molar-refractivity contribution in [3.63, 3.8) is 0 Å². The van der Waals surface area contributed by atoms with Crippen molar-refractivity contribution < 1.29 is 5.11 Å². The Morgan fingerprint density at radius 1 is 1.16 bits per heavy atom. The molecule has 0 heterocycles. The zero-order valence-corrected chi connectivity index (χ0v) is 12.9. The minimum Gasteiger partial charge on any atom is -0.391 e. The molecule has 110 valence electrons. The van der Waals surface area contributed by atoms with Gasteiger partial charge in [0, 0.05) is 12.6 Å². The van der Waals surface area contributed by atoms with Crippen LogP contribution in [-0.4, -0.2) is 35.7 Å². The van der Waals surface area contributed by atoms with E-state index in [0.717, 1.165) is 17.8 Å². The zero-order chi connectivity index (χ0) is 13.6. The van der Waals surface area contributed by atoms with Crippen LogP contribution in [0.1, 0.15) is 58.8 Å². The van der Waals surface area contributed by atoms with Crippen molar-refractivity contribution in [1.82, 2.24) is 4.90 Å². The van der Waals surface area contributed by atoms with Crippen molar-refractivity contribution in [1.29, 1.82) is 0 Å². The van der Waals surface area contributed by atoms with Crippen LogP contribution in [0.25, 0.3) is 0 Å². The van der Waals surface area contributed by atoms with Gasteiger partial charge >= 0.3 is 0 Å². The van der Waals surface area contributed by atoms with E-state index in [0.29, 0.717) is 6.04 Å². The molecule has 0 aromatic carbocycles. The Hall–Kier alpha value is -0.0800. The molecule has 5 unspecified atom stereocenters. The van der Waals surface area contributed by atoms with E-state index in [1.807, 2.05) is 0 Å². The molecule has 1 N–H and O–H groups in total. The number of rotatable bonds is 3. The highest BCUT2D eigenvalue weighted by molar-refractivity contribution is 4.95. The van der Waals surface area contributed by atoms with E-state index in [9.17, 15) is 5.11 Å². The maximum atomic E-state index is 10.6. The lowest BCUT2D eigenvalue weighted by atomic mass is 9.72. The van der Waals surface area contributed by atoms with Crippen LogP contribution < -0.4 is 0 Å². The third-order valence-corrected chi connectivity index (χ3v) is 6.46. The summed E-state index contributed by atoms with van der Waals surface area (Å²) >= 11 is 0. The summed E-state index contributed by atoms with van der Waals surface area (Å²) in [6.07, 6.45) is 9.40. The zero-order valence-electron chi connectivity index (χ0n) is 12.9. The molecule has 2 heteroatoms. The van der Waals surface area contributed by atoms with E-state index in [4.69, 9.17) is 0 Å². The summed E-state index contributed by atoms with van der Waals surface area (Å²) in [6.45, 7) is 5.68. The fraction of sp³-hybridized carbons (Fsp3) is 1.00. The van der Waals surface area contributed by atoms with Crippen LogP contribution in [0.2, 0.25) is 0 Å². The summed E-state index contributed by atoms with van der Waals surface area (Å²) < 4.78 is 0. The van der Waals surface area contributed by atoms with Crippen LogP contribution >= 0.6 is 0 Å². The normalized spacial score (nSPS) is 45.0. The lowest BCUT2D eigenvalue weighted by Gasteiger charge is -2.45. The first-order valence-corrected chi connectivity index (χ1v) is 8.35. The van der Waals surface area contributed by atoms with Gasteiger partial charge in [-0.25, -0.2) is 0 Å². The molecule has 3 fully saturated rings. The summed E-state index contributed by atoms with van der Waals surface area (Å²) in [5.41, 5.74) is 0.103. The van der Waals surface area contributed by atoms with Crippen LogP contribution in [0.5, 0.6) is 0 Å². The highest BCUT2D eigenvalue weighted by Gasteiger charge is 2.43. The Balaban J connectivity index is 1.59. The molecule has 3 aliphatic rings. The van der Waals surface area contributed by atoms with E-state index in [1.54, 1.807) is 0 Å². The first kappa shape index (κ1) is 13.9. The van der Waals surface area contributed by atoms with Crippen molar-refractivity contribution in [2.75, 3.05) is 13.6 Å². The first-order chi connectivity index (χ1) is 8.97. The standard InChI is InChI=1S/C17H31NO/c1-17(2)8-4-5-15(16(17)19)18(3)11-14-10-12-6-7-13(14)9-12/h12-16,19H,4-11H2,1-3H3. The van der Waals surface area contributed by atoms with Crippen LogP contribution in [0, 0.1) is 23.2 Å². The van der Waals surface area contributed by atoms with Crippen LogP contribution in [-0.2, 0) is 0 Å². The number of nitrogens with zero attached hydrogens (tertiary/aromatic N) is 1. The van der Waals surface area contributed by atoms with Crippen molar-refractivity contribution >= 4 is 0 Å². The molecule has 19 heavy (non-hydrogen) atoms. The van der Waals surface area contributed by atoms with Crippen molar-refractivity contribution in [3.8, 4) is 0 Å². The van der Waals surface area contributed by atoms with Gasteiger partial charge in [0.1, 0.15) is 0 Å². The Kier molecular flexibility index (Phi) is 3.68. The third kappa shape index (κ3) is 2.58. The number of fused-ring (bicyclic) bond motifs is 2. The second kappa shape index (κ2) is 5.04. The Morgan fingerprint density at radius 3 is 2.58 bits per heavy atom. The number of aliphatic hydroxyl groups is 1. The van der Waals surface area contributed by atoms with Crippen LogP contribution in [0.4, 0.5) is 0 Å². The lowest BCUT2D eigenvalue weighted by molar-refractivity contribution is -0.0549. The summed E-state index contributed by atoms with van der Waals surface area (Å²) in [7, 11) is 2.25. The predicted molar refractivity (Wildman–Crippen MR) is 79.0 cm³/mol. The van der Waals surface area contributed by atoms with E-state index >= 15 is 0 Å². The molecular formula is C17H31NO. The molecule has 0 spiro atoms. The summed E-state index contributed by atoms with van der Waals surface area (Å²) in [6, 6.07) is 0.392. The molecule has 3 rings (SSSR count). The smallest absolute Gasteiger partial charge is 0.0746 e. The third-order valence-electron chi connectivity index (χ3n) is 6.46. The largest absolute Gasteiger partial charge is 0.391 e. The maximum absolute atomic E-state index is 10.6. The summed E-state index contributed by atoms with van der Waals surface area (Å²) in [5, 5.41) is 10.6. The molecule has 0 aromatic heterocycles. The maximum Gasteiger partial charge on any atom is 0.0746 e. The summed E-state index contributed by atoms with van der Waals surface area (Å²) in [5.74, 6) is 2.96. The molecule has 0 saturated heterocycles. The molecular weight excluding hydrogens is 234 g/mol. The van der Waals surface area contributed by atoms with Gasteiger partial charge in [-0.2, -0.15) is 0 Å². The highest BCUT2D eigenvalue weighted by atomic mass is 16.3. The second-order valence-corrected chi connectivity index (χ2v) is 8.27. The molecule has 3 aliphatic carbocycles. The van der Waals surface area contributed by atoms with Crippen molar-refractivity contribution in [2.45, 2.75) is 70.9 Å². The van der Waals surface area contributed by atoms with Gasteiger partial charge in [-0.15, -0.1) is 0 Å². The molecule has 0 aliphatic heterocycles. The van der Waals surface area contributed by atoms with E-state index in [1.165, 1.54) is 51.5 Å². The average molecular weight is 265 g/mol. The Morgan fingerprint density at radius 2 is 1.95 bits per heavy atom. The van der Waals surface area contributed by atoms with Gasteiger partial charge in [0.15, 0.2) is 0 Å². The molecule has 2 bridgehead atoms.